The molecule has 0 radical (unpaired) electrons. The van der Waals surface area contributed by atoms with Gasteiger partial charge in [0.25, 0.3) is 0 Å². The molecule has 0 aliphatic heterocycles. The van der Waals surface area contributed by atoms with Gasteiger partial charge >= 0.3 is 0 Å². The number of hydrogen-bond acceptors (Lipinski definition) is 1. The lowest BCUT2D eigenvalue weighted by Gasteiger charge is -2.21. The Morgan fingerprint density at radius 2 is 1.93 bits per heavy atom. The summed E-state index contributed by atoms with van der Waals surface area (Å²) in [6, 6.07) is 8.34. The van der Waals surface area contributed by atoms with Crippen molar-refractivity contribution in [2.45, 2.75) is 25.9 Å². The molecule has 0 heterocycles. The molecule has 1 atom stereocenters. The Labute approximate surface area is 86.1 Å². The van der Waals surface area contributed by atoms with Gasteiger partial charge in [-0.05, 0) is 19.4 Å². The highest BCUT2D eigenvalue weighted by molar-refractivity contribution is 5.25. The summed E-state index contributed by atoms with van der Waals surface area (Å²) in [5, 5.41) is 0. The molecule has 1 unspecified atom stereocenters. The van der Waals surface area contributed by atoms with Gasteiger partial charge in [0.1, 0.15) is 5.60 Å². The molecule has 0 bridgehead atoms. The highest BCUT2D eigenvalue weighted by atomic mass is 16.5. The average molecular weight is 188 g/mol. The van der Waals surface area contributed by atoms with Gasteiger partial charge in [-0.1, -0.05) is 35.7 Å². The Hall–Kier alpha value is -1.26. The smallest absolute Gasteiger partial charge is 0.129 e. The highest BCUT2D eigenvalue weighted by Gasteiger charge is 2.20. The molecular weight excluding hydrogens is 172 g/mol. The standard InChI is InChI=1S/C13H16O/c1-5-13(3,14-4)10-12-8-6-11(2)7-9-12/h1,6-9H,10H2,2-4H3. The number of terminal acetylenes is 1. The normalized spacial score (nSPS) is 14.4. The molecule has 0 aliphatic rings. The summed E-state index contributed by atoms with van der Waals surface area (Å²) in [5.74, 6) is 2.67. The second-order valence-electron chi connectivity index (χ2n) is 3.74. The fraction of sp³-hybridized carbons (Fsp3) is 0.385. The molecule has 74 valence electrons. The largest absolute Gasteiger partial charge is 0.366 e. The summed E-state index contributed by atoms with van der Waals surface area (Å²) in [6.07, 6.45) is 6.17. The summed E-state index contributed by atoms with van der Waals surface area (Å²) in [4.78, 5) is 0. The van der Waals surface area contributed by atoms with E-state index in [1.54, 1.807) is 7.11 Å². The third-order valence-electron chi connectivity index (χ3n) is 2.42. The molecule has 0 aliphatic carbocycles. The van der Waals surface area contributed by atoms with Crippen LogP contribution in [0.15, 0.2) is 24.3 Å². The Morgan fingerprint density at radius 3 is 2.36 bits per heavy atom. The van der Waals surface area contributed by atoms with E-state index in [9.17, 15) is 0 Å². The SMILES string of the molecule is C#CC(C)(Cc1ccc(C)cc1)OC. The van der Waals surface area contributed by atoms with Crippen LogP contribution in [0.5, 0.6) is 0 Å². The van der Waals surface area contributed by atoms with E-state index in [0.717, 1.165) is 6.42 Å². The van der Waals surface area contributed by atoms with Crippen LogP contribution in [0, 0.1) is 19.3 Å². The fourth-order valence-corrected chi connectivity index (χ4v) is 1.28. The lowest BCUT2D eigenvalue weighted by molar-refractivity contribution is 0.0580. The fourth-order valence-electron chi connectivity index (χ4n) is 1.28. The molecule has 0 saturated carbocycles. The summed E-state index contributed by atoms with van der Waals surface area (Å²) < 4.78 is 5.29. The summed E-state index contributed by atoms with van der Waals surface area (Å²) >= 11 is 0. The number of hydrogen-bond donors (Lipinski definition) is 0. The predicted molar refractivity (Wildman–Crippen MR) is 59.1 cm³/mol. The molecule has 0 aromatic heterocycles. The first-order valence-corrected chi connectivity index (χ1v) is 4.68. The van der Waals surface area contributed by atoms with Crippen molar-refractivity contribution in [1.82, 2.24) is 0 Å². The van der Waals surface area contributed by atoms with Crippen molar-refractivity contribution >= 4 is 0 Å². The van der Waals surface area contributed by atoms with Crippen LogP contribution < -0.4 is 0 Å². The maximum Gasteiger partial charge on any atom is 0.129 e. The van der Waals surface area contributed by atoms with E-state index in [4.69, 9.17) is 11.2 Å². The lowest BCUT2D eigenvalue weighted by atomic mass is 9.96. The third kappa shape index (κ3) is 2.61. The second-order valence-corrected chi connectivity index (χ2v) is 3.74. The zero-order chi connectivity index (χ0) is 10.6. The Kier molecular flexibility index (Phi) is 3.33. The number of rotatable bonds is 3. The number of ether oxygens (including phenoxy) is 1. The van der Waals surface area contributed by atoms with E-state index in [2.05, 4.69) is 37.1 Å². The van der Waals surface area contributed by atoms with Crippen LogP contribution in [0.3, 0.4) is 0 Å². The maximum absolute atomic E-state index is 5.42. The molecule has 0 amide bonds. The Morgan fingerprint density at radius 1 is 1.36 bits per heavy atom. The first kappa shape index (κ1) is 10.8. The number of aryl methyl sites for hydroxylation is 1. The molecular formula is C13H16O. The van der Waals surface area contributed by atoms with Gasteiger partial charge in [0, 0.05) is 13.5 Å². The predicted octanol–water partition coefficient (Wildman–Crippen LogP) is 2.58. The van der Waals surface area contributed by atoms with E-state index in [1.165, 1.54) is 11.1 Å². The van der Waals surface area contributed by atoms with E-state index in [0.29, 0.717) is 0 Å². The summed E-state index contributed by atoms with van der Waals surface area (Å²) in [7, 11) is 1.65. The zero-order valence-electron chi connectivity index (χ0n) is 9.00. The van der Waals surface area contributed by atoms with Gasteiger partial charge in [0.2, 0.25) is 0 Å². The minimum absolute atomic E-state index is 0.491. The monoisotopic (exact) mass is 188 g/mol. The minimum Gasteiger partial charge on any atom is -0.366 e. The molecule has 1 nitrogen and oxygen atoms in total. The van der Waals surface area contributed by atoms with Gasteiger partial charge in [-0.3, -0.25) is 0 Å². The van der Waals surface area contributed by atoms with Gasteiger partial charge in [0.15, 0.2) is 0 Å². The van der Waals surface area contributed by atoms with Gasteiger partial charge in [-0.15, -0.1) is 6.42 Å². The molecule has 0 spiro atoms. The van der Waals surface area contributed by atoms with Crippen LogP contribution in [0.1, 0.15) is 18.1 Å². The molecule has 0 N–H and O–H groups in total. The van der Waals surface area contributed by atoms with Crippen molar-refractivity contribution in [3.8, 4) is 12.3 Å². The first-order valence-electron chi connectivity index (χ1n) is 4.68. The van der Waals surface area contributed by atoms with Crippen LogP contribution in [-0.4, -0.2) is 12.7 Å². The van der Waals surface area contributed by atoms with Crippen molar-refractivity contribution in [1.29, 1.82) is 0 Å². The van der Waals surface area contributed by atoms with Crippen LogP contribution in [0.4, 0.5) is 0 Å². The van der Waals surface area contributed by atoms with Crippen molar-refractivity contribution in [2.75, 3.05) is 7.11 Å². The highest BCUT2D eigenvalue weighted by Crippen LogP contribution is 2.16. The van der Waals surface area contributed by atoms with E-state index in [-0.39, 0.29) is 0 Å². The maximum atomic E-state index is 5.42. The molecule has 1 aromatic carbocycles. The summed E-state index contributed by atoms with van der Waals surface area (Å²) in [6.45, 7) is 3.99. The van der Waals surface area contributed by atoms with Gasteiger partial charge in [-0.2, -0.15) is 0 Å². The second kappa shape index (κ2) is 4.30. The van der Waals surface area contributed by atoms with Crippen molar-refractivity contribution < 1.29 is 4.74 Å². The van der Waals surface area contributed by atoms with Crippen LogP contribution in [-0.2, 0) is 11.2 Å². The molecule has 1 aromatic rings. The quantitative estimate of drug-likeness (QED) is 0.662. The van der Waals surface area contributed by atoms with Crippen LogP contribution in [0.25, 0.3) is 0 Å². The van der Waals surface area contributed by atoms with Gasteiger partial charge in [0.05, 0.1) is 0 Å². The third-order valence-corrected chi connectivity index (χ3v) is 2.42. The molecule has 14 heavy (non-hydrogen) atoms. The molecule has 0 fully saturated rings. The average Bonchev–Trinajstić information content (AvgIpc) is 2.21. The lowest BCUT2D eigenvalue weighted by Crippen LogP contribution is -2.27. The van der Waals surface area contributed by atoms with Gasteiger partial charge in [-0.25, -0.2) is 0 Å². The topological polar surface area (TPSA) is 9.23 Å². The van der Waals surface area contributed by atoms with Crippen molar-refractivity contribution in [3.05, 3.63) is 35.4 Å². The molecule has 1 rings (SSSR count). The Balaban J connectivity index is 2.79. The first-order chi connectivity index (χ1) is 6.59. The number of methoxy groups -OCH3 is 1. The van der Waals surface area contributed by atoms with E-state index < -0.39 is 5.60 Å². The van der Waals surface area contributed by atoms with Crippen LogP contribution in [0.2, 0.25) is 0 Å². The van der Waals surface area contributed by atoms with E-state index in [1.807, 2.05) is 6.92 Å². The van der Waals surface area contributed by atoms with Crippen LogP contribution >= 0.6 is 0 Å². The minimum atomic E-state index is -0.491. The van der Waals surface area contributed by atoms with Gasteiger partial charge < -0.3 is 4.74 Å². The molecule has 1 heteroatoms. The van der Waals surface area contributed by atoms with Crippen molar-refractivity contribution in [3.63, 3.8) is 0 Å². The molecule has 0 saturated heterocycles. The van der Waals surface area contributed by atoms with E-state index >= 15 is 0 Å². The summed E-state index contributed by atoms with van der Waals surface area (Å²) in [5.41, 5.74) is 1.97. The number of benzene rings is 1. The Bertz CT molecular complexity index is 331. The zero-order valence-corrected chi connectivity index (χ0v) is 9.00. The van der Waals surface area contributed by atoms with Crippen molar-refractivity contribution in [2.24, 2.45) is 0 Å².